The highest BCUT2D eigenvalue weighted by Gasteiger charge is 2.26. The van der Waals surface area contributed by atoms with Crippen LogP contribution in [0.2, 0.25) is 0 Å². The summed E-state index contributed by atoms with van der Waals surface area (Å²) >= 11 is 4.43. The Morgan fingerprint density at radius 1 is 1.25 bits per heavy atom. The van der Waals surface area contributed by atoms with Crippen LogP contribution < -0.4 is 5.73 Å². The van der Waals surface area contributed by atoms with Crippen LogP contribution in [0.3, 0.4) is 0 Å². The summed E-state index contributed by atoms with van der Waals surface area (Å²) in [7, 11) is 0. The lowest BCUT2D eigenvalue weighted by molar-refractivity contribution is 0.410. The van der Waals surface area contributed by atoms with Gasteiger partial charge in [0, 0.05) is 15.2 Å². The number of phenols is 1. The van der Waals surface area contributed by atoms with Gasteiger partial charge in [0.05, 0.1) is 3.57 Å². The number of benzene rings is 1. The zero-order chi connectivity index (χ0) is 11.7. The molecular formula is C12H15I2NO. The summed E-state index contributed by atoms with van der Waals surface area (Å²) < 4.78 is 2.04. The van der Waals surface area contributed by atoms with Crippen LogP contribution in [-0.2, 0) is 0 Å². The third-order valence-corrected chi connectivity index (χ3v) is 4.77. The van der Waals surface area contributed by atoms with Crippen molar-refractivity contribution < 1.29 is 5.11 Å². The SMILES string of the molecule is N[C@@H](c1cc(I)cc(I)c1O)C1CCCC1. The van der Waals surface area contributed by atoms with Gasteiger partial charge in [0.15, 0.2) is 0 Å². The molecule has 1 aliphatic carbocycles. The minimum absolute atomic E-state index is 0.00858. The van der Waals surface area contributed by atoms with Crippen molar-refractivity contribution in [1.82, 2.24) is 0 Å². The van der Waals surface area contributed by atoms with Crippen molar-refractivity contribution in [3.63, 3.8) is 0 Å². The molecule has 0 saturated heterocycles. The number of rotatable bonds is 2. The topological polar surface area (TPSA) is 46.2 Å². The van der Waals surface area contributed by atoms with Crippen LogP contribution >= 0.6 is 45.2 Å². The first kappa shape index (κ1) is 12.9. The molecular weight excluding hydrogens is 428 g/mol. The van der Waals surface area contributed by atoms with E-state index in [4.69, 9.17) is 5.73 Å². The summed E-state index contributed by atoms with van der Waals surface area (Å²) in [6.07, 6.45) is 4.95. The van der Waals surface area contributed by atoms with E-state index in [9.17, 15) is 5.11 Å². The van der Waals surface area contributed by atoms with Crippen molar-refractivity contribution in [2.75, 3.05) is 0 Å². The fourth-order valence-electron chi connectivity index (χ4n) is 2.41. The van der Waals surface area contributed by atoms with E-state index >= 15 is 0 Å². The lowest BCUT2D eigenvalue weighted by Gasteiger charge is -2.21. The summed E-state index contributed by atoms with van der Waals surface area (Å²) in [6.45, 7) is 0. The normalized spacial score (nSPS) is 18.9. The number of halogens is 2. The standard InChI is InChI=1S/C12H15I2NO/c13-8-5-9(12(16)10(14)6-8)11(15)7-3-1-2-4-7/h5-7,11,16H,1-4,15H2/t11-/m1/s1. The molecule has 1 aliphatic rings. The van der Waals surface area contributed by atoms with Crippen LogP contribution in [0.25, 0.3) is 0 Å². The minimum Gasteiger partial charge on any atom is -0.506 e. The Morgan fingerprint density at radius 2 is 1.88 bits per heavy atom. The molecule has 0 bridgehead atoms. The molecule has 1 atom stereocenters. The van der Waals surface area contributed by atoms with Crippen molar-refractivity contribution in [1.29, 1.82) is 0 Å². The Hall–Kier alpha value is 0.440. The lowest BCUT2D eigenvalue weighted by atomic mass is 9.92. The number of hydrogen-bond acceptors (Lipinski definition) is 2. The smallest absolute Gasteiger partial charge is 0.133 e. The Kier molecular flexibility index (Phi) is 4.34. The first-order valence-electron chi connectivity index (χ1n) is 5.53. The number of nitrogens with two attached hydrogens (primary N) is 1. The van der Waals surface area contributed by atoms with Crippen molar-refractivity contribution >= 4 is 45.2 Å². The van der Waals surface area contributed by atoms with Crippen LogP contribution in [0.15, 0.2) is 12.1 Å². The maximum atomic E-state index is 10.1. The van der Waals surface area contributed by atoms with Gasteiger partial charge < -0.3 is 10.8 Å². The first-order chi connectivity index (χ1) is 7.59. The molecule has 88 valence electrons. The Morgan fingerprint density at radius 3 is 2.50 bits per heavy atom. The molecule has 0 unspecified atom stereocenters. The molecule has 2 rings (SSSR count). The number of phenolic OH excluding ortho intramolecular Hbond substituents is 1. The predicted octanol–water partition coefficient (Wildman–Crippen LogP) is 3.79. The third-order valence-electron chi connectivity index (χ3n) is 3.32. The van der Waals surface area contributed by atoms with E-state index in [2.05, 4.69) is 45.2 Å². The van der Waals surface area contributed by atoms with E-state index in [0.29, 0.717) is 11.7 Å². The highest BCUT2D eigenvalue weighted by atomic mass is 127. The molecule has 1 fully saturated rings. The lowest BCUT2D eigenvalue weighted by Crippen LogP contribution is -2.19. The molecule has 0 aliphatic heterocycles. The summed E-state index contributed by atoms with van der Waals surface area (Å²) in [6, 6.07) is 3.98. The summed E-state index contributed by atoms with van der Waals surface area (Å²) in [5.74, 6) is 0.917. The molecule has 0 amide bonds. The average Bonchev–Trinajstić information content (AvgIpc) is 2.75. The number of hydrogen-bond donors (Lipinski definition) is 2. The highest BCUT2D eigenvalue weighted by Crippen LogP contribution is 2.39. The fraction of sp³-hybridized carbons (Fsp3) is 0.500. The van der Waals surface area contributed by atoms with Gasteiger partial charge in [-0.2, -0.15) is 0 Å². The van der Waals surface area contributed by atoms with Crippen LogP contribution in [-0.4, -0.2) is 5.11 Å². The maximum absolute atomic E-state index is 10.1. The first-order valence-corrected chi connectivity index (χ1v) is 7.69. The molecule has 3 N–H and O–H groups in total. The third kappa shape index (κ3) is 2.64. The second kappa shape index (κ2) is 5.39. The Labute approximate surface area is 123 Å². The van der Waals surface area contributed by atoms with Gasteiger partial charge in [0.2, 0.25) is 0 Å². The van der Waals surface area contributed by atoms with Gasteiger partial charge in [-0.25, -0.2) is 0 Å². The Balaban J connectivity index is 2.31. The minimum atomic E-state index is -0.00858. The second-order valence-electron chi connectivity index (χ2n) is 4.40. The maximum Gasteiger partial charge on any atom is 0.133 e. The second-order valence-corrected chi connectivity index (χ2v) is 6.80. The fourth-order valence-corrected chi connectivity index (χ4v) is 4.30. The van der Waals surface area contributed by atoms with Crippen LogP contribution in [0.1, 0.15) is 37.3 Å². The van der Waals surface area contributed by atoms with Crippen molar-refractivity contribution in [3.05, 3.63) is 24.8 Å². The Bertz CT molecular complexity index is 389. The van der Waals surface area contributed by atoms with E-state index in [1.807, 2.05) is 12.1 Å². The highest BCUT2D eigenvalue weighted by molar-refractivity contribution is 14.1. The van der Waals surface area contributed by atoms with Crippen molar-refractivity contribution in [2.24, 2.45) is 11.7 Å². The molecule has 0 heterocycles. The van der Waals surface area contributed by atoms with Gasteiger partial charge in [-0.3, -0.25) is 0 Å². The molecule has 0 aromatic heterocycles. The van der Waals surface area contributed by atoms with Crippen LogP contribution in [0.5, 0.6) is 5.75 Å². The van der Waals surface area contributed by atoms with Gasteiger partial charge in [-0.1, -0.05) is 12.8 Å². The number of aromatic hydroxyl groups is 1. The van der Waals surface area contributed by atoms with E-state index in [1.54, 1.807) is 0 Å². The molecule has 1 aromatic rings. The molecule has 0 spiro atoms. The zero-order valence-corrected chi connectivity index (χ0v) is 13.2. The predicted molar refractivity (Wildman–Crippen MR) is 82.4 cm³/mol. The summed E-state index contributed by atoms with van der Waals surface area (Å²) in [5.41, 5.74) is 7.19. The van der Waals surface area contributed by atoms with Crippen molar-refractivity contribution in [3.8, 4) is 5.75 Å². The largest absolute Gasteiger partial charge is 0.506 e. The van der Waals surface area contributed by atoms with Gasteiger partial charge in [-0.05, 0) is 76.1 Å². The molecule has 1 saturated carbocycles. The molecule has 2 nitrogen and oxygen atoms in total. The van der Waals surface area contributed by atoms with Crippen LogP contribution in [0.4, 0.5) is 0 Å². The van der Waals surface area contributed by atoms with E-state index < -0.39 is 0 Å². The van der Waals surface area contributed by atoms with Gasteiger partial charge in [0.1, 0.15) is 5.75 Å². The monoisotopic (exact) mass is 443 g/mol. The quantitative estimate of drug-likeness (QED) is 0.684. The molecule has 0 radical (unpaired) electrons. The molecule has 1 aromatic carbocycles. The summed E-state index contributed by atoms with van der Waals surface area (Å²) in [5, 5.41) is 10.1. The van der Waals surface area contributed by atoms with Crippen molar-refractivity contribution in [2.45, 2.75) is 31.7 Å². The zero-order valence-electron chi connectivity index (χ0n) is 8.92. The van der Waals surface area contributed by atoms with Gasteiger partial charge in [0.25, 0.3) is 0 Å². The van der Waals surface area contributed by atoms with Gasteiger partial charge in [-0.15, -0.1) is 0 Å². The molecule has 4 heteroatoms. The van der Waals surface area contributed by atoms with Gasteiger partial charge >= 0.3 is 0 Å². The van der Waals surface area contributed by atoms with E-state index in [-0.39, 0.29) is 6.04 Å². The molecule has 16 heavy (non-hydrogen) atoms. The van der Waals surface area contributed by atoms with E-state index in [0.717, 1.165) is 12.7 Å². The van der Waals surface area contributed by atoms with E-state index in [1.165, 1.54) is 25.7 Å². The van der Waals surface area contributed by atoms with Crippen LogP contribution in [0, 0.1) is 13.1 Å². The average molecular weight is 443 g/mol. The summed E-state index contributed by atoms with van der Waals surface area (Å²) in [4.78, 5) is 0.